The fraction of sp³-hybridized carbons (Fsp3) is 0.167. The maximum Gasteiger partial charge on any atom is 0.433 e. The summed E-state index contributed by atoms with van der Waals surface area (Å²) in [4.78, 5) is 7.28. The Kier molecular flexibility index (Phi) is 3.29. The van der Waals surface area contributed by atoms with E-state index in [0.717, 1.165) is 12.3 Å². The molecule has 1 N–H and O–H groups in total. The van der Waals surface area contributed by atoms with Gasteiger partial charge in [0.25, 0.3) is 0 Å². The molecule has 2 rings (SSSR count). The zero-order chi connectivity index (χ0) is 13.2. The van der Waals surface area contributed by atoms with Crippen LogP contribution in [0.3, 0.4) is 0 Å². The Bertz CT molecular complexity index is 555. The fourth-order valence-electron chi connectivity index (χ4n) is 1.46. The van der Waals surface area contributed by atoms with Crippen LogP contribution in [0.5, 0.6) is 0 Å². The number of halogens is 3. The molecule has 0 saturated heterocycles. The van der Waals surface area contributed by atoms with Gasteiger partial charge in [-0.25, -0.2) is 9.97 Å². The fourth-order valence-corrected chi connectivity index (χ4v) is 1.46. The molecule has 3 nitrogen and oxygen atoms in total. The van der Waals surface area contributed by atoms with Crippen molar-refractivity contribution >= 4 is 0 Å². The zero-order valence-corrected chi connectivity index (χ0v) is 9.15. The Hall–Kier alpha value is -1.95. The average molecular weight is 254 g/mol. The topological polar surface area (TPSA) is 46.0 Å². The quantitative estimate of drug-likeness (QED) is 0.896. The van der Waals surface area contributed by atoms with Crippen LogP contribution in [-0.4, -0.2) is 15.1 Å². The third-order valence-electron chi connectivity index (χ3n) is 2.31. The molecule has 2 aromatic rings. The normalized spacial score (nSPS) is 11.6. The Morgan fingerprint density at radius 1 is 1.17 bits per heavy atom. The highest BCUT2D eigenvalue weighted by atomic mass is 19.4. The lowest BCUT2D eigenvalue weighted by atomic mass is 10.1. The van der Waals surface area contributed by atoms with Crippen LogP contribution in [0.4, 0.5) is 13.2 Å². The molecule has 0 bridgehead atoms. The molecule has 6 heteroatoms. The summed E-state index contributed by atoms with van der Waals surface area (Å²) in [5.74, 6) is -0.0138. The van der Waals surface area contributed by atoms with Crippen molar-refractivity contribution in [2.75, 3.05) is 0 Å². The van der Waals surface area contributed by atoms with Gasteiger partial charge in [0, 0.05) is 11.8 Å². The molecule has 18 heavy (non-hydrogen) atoms. The summed E-state index contributed by atoms with van der Waals surface area (Å²) < 4.78 is 37.5. The average Bonchev–Trinajstić information content (AvgIpc) is 2.38. The summed E-state index contributed by atoms with van der Waals surface area (Å²) in [5.41, 5.74) is 0.0445. The highest BCUT2D eigenvalue weighted by Gasteiger charge is 2.32. The molecule has 0 aliphatic carbocycles. The van der Waals surface area contributed by atoms with E-state index >= 15 is 0 Å². The van der Waals surface area contributed by atoms with Gasteiger partial charge in [-0.05, 0) is 17.7 Å². The van der Waals surface area contributed by atoms with Crippen LogP contribution in [0.1, 0.15) is 11.3 Å². The Morgan fingerprint density at radius 3 is 2.61 bits per heavy atom. The molecule has 0 aliphatic rings. The van der Waals surface area contributed by atoms with E-state index in [1.807, 2.05) is 0 Å². The van der Waals surface area contributed by atoms with E-state index in [9.17, 15) is 13.2 Å². The summed E-state index contributed by atoms with van der Waals surface area (Å²) in [6.07, 6.45) is -3.43. The number of rotatable bonds is 2. The molecule has 1 aromatic heterocycles. The van der Waals surface area contributed by atoms with Crippen molar-refractivity contribution in [3.8, 4) is 11.4 Å². The van der Waals surface area contributed by atoms with Crippen molar-refractivity contribution in [1.82, 2.24) is 9.97 Å². The maximum atomic E-state index is 12.5. The SMILES string of the molecule is OCc1cccc(-c2nccc(C(F)(F)F)n2)c1. The molecule has 1 heterocycles. The monoisotopic (exact) mass is 254 g/mol. The van der Waals surface area contributed by atoms with Gasteiger partial charge in [-0.1, -0.05) is 18.2 Å². The van der Waals surface area contributed by atoms with Crippen LogP contribution in [0.15, 0.2) is 36.5 Å². The number of benzene rings is 1. The first-order valence-corrected chi connectivity index (χ1v) is 5.11. The van der Waals surface area contributed by atoms with Crippen molar-refractivity contribution in [2.45, 2.75) is 12.8 Å². The largest absolute Gasteiger partial charge is 0.433 e. The molecule has 0 aliphatic heterocycles. The lowest BCUT2D eigenvalue weighted by molar-refractivity contribution is -0.141. The number of hydrogen-bond acceptors (Lipinski definition) is 3. The highest BCUT2D eigenvalue weighted by Crippen LogP contribution is 2.28. The molecule has 0 atom stereocenters. The van der Waals surface area contributed by atoms with Gasteiger partial charge in [-0.3, -0.25) is 0 Å². The third-order valence-corrected chi connectivity index (χ3v) is 2.31. The van der Waals surface area contributed by atoms with Crippen LogP contribution in [0, 0.1) is 0 Å². The van der Waals surface area contributed by atoms with Gasteiger partial charge in [-0.15, -0.1) is 0 Å². The smallest absolute Gasteiger partial charge is 0.392 e. The van der Waals surface area contributed by atoms with Gasteiger partial charge in [0.05, 0.1) is 6.61 Å². The lowest BCUT2D eigenvalue weighted by Crippen LogP contribution is -2.09. The molecular formula is C12H9F3N2O. The summed E-state index contributed by atoms with van der Waals surface area (Å²) in [7, 11) is 0. The third kappa shape index (κ3) is 2.65. The van der Waals surface area contributed by atoms with Crippen molar-refractivity contribution < 1.29 is 18.3 Å². The summed E-state index contributed by atoms with van der Waals surface area (Å²) in [5, 5.41) is 8.97. The minimum absolute atomic E-state index is 0.0138. The standard InChI is InChI=1S/C12H9F3N2O/c13-12(14,15)10-4-5-16-11(17-10)9-3-1-2-8(6-9)7-18/h1-6,18H,7H2. The summed E-state index contributed by atoms with van der Waals surface area (Å²) in [6, 6.07) is 7.26. The van der Waals surface area contributed by atoms with Crippen molar-refractivity contribution in [3.05, 3.63) is 47.8 Å². The molecule has 0 fully saturated rings. The second-order valence-corrected chi connectivity index (χ2v) is 3.62. The molecule has 0 saturated carbocycles. The van der Waals surface area contributed by atoms with Crippen molar-refractivity contribution in [1.29, 1.82) is 0 Å². The van der Waals surface area contributed by atoms with Gasteiger partial charge in [0.2, 0.25) is 0 Å². The van der Waals surface area contributed by atoms with E-state index in [1.165, 1.54) is 0 Å². The molecule has 0 radical (unpaired) electrons. The molecular weight excluding hydrogens is 245 g/mol. The molecule has 0 unspecified atom stereocenters. The van der Waals surface area contributed by atoms with Gasteiger partial charge in [-0.2, -0.15) is 13.2 Å². The van der Waals surface area contributed by atoms with E-state index in [4.69, 9.17) is 5.11 Å². The number of nitrogens with zero attached hydrogens (tertiary/aromatic N) is 2. The number of hydrogen-bond donors (Lipinski definition) is 1. The Labute approximate surface area is 101 Å². The maximum absolute atomic E-state index is 12.5. The van der Waals surface area contributed by atoms with Gasteiger partial charge < -0.3 is 5.11 Å². The zero-order valence-electron chi connectivity index (χ0n) is 9.15. The van der Waals surface area contributed by atoms with Crippen molar-refractivity contribution in [2.24, 2.45) is 0 Å². The van der Waals surface area contributed by atoms with Crippen LogP contribution >= 0.6 is 0 Å². The highest BCUT2D eigenvalue weighted by molar-refractivity contribution is 5.56. The predicted octanol–water partition coefficient (Wildman–Crippen LogP) is 2.65. The van der Waals surface area contributed by atoms with Gasteiger partial charge in [0.1, 0.15) is 5.69 Å². The predicted molar refractivity (Wildman–Crippen MR) is 58.4 cm³/mol. The first-order chi connectivity index (χ1) is 8.50. The van der Waals surface area contributed by atoms with Crippen LogP contribution in [-0.2, 0) is 12.8 Å². The Balaban J connectivity index is 2.44. The van der Waals surface area contributed by atoms with E-state index in [1.54, 1.807) is 24.3 Å². The molecule has 1 aromatic carbocycles. The van der Waals surface area contributed by atoms with Crippen LogP contribution in [0.2, 0.25) is 0 Å². The number of aromatic nitrogens is 2. The Morgan fingerprint density at radius 2 is 1.94 bits per heavy atom. The summed E-state index contributed by atoms with van der Waals surface area (Å²) >= 11 is 0. The van der Waals surface area contributed by atoms with Crippen LogP contribution < -0.4 is 0 Å². The van der Waals surface area contributed by atoms with Gasteiger partial charge in [0.15, 0.2) is 5.82 Å². The number of aliphatic hydroxyl groups is 1. The number of aliphatic hydroxyl groups excluding tert-OH is 1. The van der Waals surface area contributed by atoms with E-state index < -0.39 is 11.9 Å². The van der Waals surface area contributed by atoms with E-state index in [-0.39, 0.29) is 12.4 Å². The summed E-state index contributed by atoms with van der Waals surface area (Å²) in [6.45, 7) is -0.188. The number of alkyl halides is 3. The minimum atomic E-state index is -4.49. The first-order valence-electron chi connectivity index (χ1n) is 5.11. The molecule has 94 valence electrons. The van der Waals surface area contributed by atoms with E-state index in [2.05, 4.69) is 9.97 Å². The second-order valence-electron chi connectivity index (χ2n) is 3.62. The lowest BCUT2D eigenvalue weighted by Gasteiger charge is -2.07. The van der Waals surface area contributed by atoms with E-state index in [0.29, 0.717) is 11.1 Å². The first kappa shape index (κ1) is 12.5. The second kappa shape index (κ2) is 4.73. The van der Waals surface area contributed by atoms with Crippen LogP contribution in [0.25, 0.3) is 11.4 Å². The minimum Gasteiger partial charge on any atom is -0.392 e. The molecule has 0 spiro atoms. The molecule has 0 amide bonds. The van der Waals surface area contributed by atoms with Crippen molar-refractivity contribution in [3.63, 3.8) is 0 Å². The van der Waals surface area contributed by atoms with Gasteiger partial charge >= 0.3 is 6.18 Å².